The van der Waals surface area contributed by atoms with E-state index in [-0.39, 0.29) is 24.8 Å². The maximum Gasteiger partial charge on any atom is 0.331 e. The molecular weight excluding hydrogens is 296 g/mol. The topological polar surface area (TPSA) is 97.8 Å². The van der Waals surface area contributed by atoms with E-state index in [1.54, 1.807) is 5.38 Å². The van der Waals surface area contributed by atoms with Gasteiger partial charge >= 0.3 is 5.97 Å². The lowest BCUT2D eigenvalue weighted by atomic mass is 9.99. The standard InChI is InChI=1S/C13H16N2O5S/c16-10(15-13(12(17)18)3-5-19-7-13)8-6-21-11(14-8)9-2-1-4-20-9/h6,9H,1-5,7H2,(H,15,16)(H,17,18). The molecule has 2 aliphatic rings. The minimum absolute atomic E-state index is 0.0171. The molecule has 0 bridgehead atoms. The Labute approximate surface area is 125 Å². The van der Waals surface area contributed by atoms with Crippen LogP contribution in [-0.4, -0.2) is 47.3 Å². The van der Waals surface area contributed by atoms with Gasteiger partial charge in [0.05, 0.1) is 6.61 Å². The molecule has 1 aromatic heterocycles. The summed E-state index contributed by atoms with van der Waals surface area (Å²) < 4.78 is 10.6. The third-order valence-corrected chi connectivity index (χ3v) is 4.68. The molecule has 0 spiro atoms. The second-order valence-electron chi connectivity index (χ2n) is 5.22. The number of aromatic nitrogens is 1. The number of nitrogens with zero attached hydrogens (tertiary/aromatic N) is 1. The summed E-state index contributed by atoms with van der Waals surface area (Å²) in [5.74, 6) is -1.56. The van der Waals surface area contributed by atoms with Gasteiger partial charge in [0.25, 0.3) is 5.91 Å². The van der Waals surface area contributed by atoms with Crippen LogP contribution in [0.25, 0.3) is 0 Å². The highest BCUT2D eigenvalue weighted by atomic mass is 32.1. The smallest absolute Gasteiger partial charge is 0.331 e. The molecule has 8 heteroatoms. The predicted octanol–water partition coefficient (Wildman–Crippen LogP) is 0.968. The summed E-state index contributed by atoms with van der Waals surface area (Å²) in [4.78, 5) is 27.9. The molecule has 0 aromatic carbocycles. The Hall–Kier alpha value is -1.51. The van der Waals surface area contributed by atoms with Gasteiger partial charge in [-0.25, -0.2) is 9.78 Å². The van der Waals surface area contributed by atoms with E-state index in [1.807, 2.05) is 0 Å². The van der Waals surface area contributed by atoms with E-state index in [9.17, 15) is 14.7 Å². The number of ether oxygens (including phenoxy) is 2. The van der Waals surface area contributed by atoms with Crippen LogP contribution < -0.4 is 5.32 Å². The molecule has 0 radical (unpaired) electrons. The van der Waals surface area contributed by atoms with Crippen LogP contribution in [0.3, 0.4) is 0 Å². The summed E-state index contributed by atoms with van der Waals surface area (Å²) in [5, 5.41) is 14.3. The number of carbonyl (C=O) groups is 2. The fourth-order valence-corrected chi connectivity index (χ4v) is 3.36. The van der Waals surface area contributed by atoms with Crippen LogP contribution in [0, 0.1) is 0 Å². The molecule has 2 unspecified atom stereocenters. The Bertz CT molecular complexity index is 547. The van der Waals surface area contributed by atoms with Crippen LogP contribution in [-0.2, 0) is 14.3 Å². The van der Waals surface area contributed by atoms with E-state index < -0.39 is 17.4 Å². The van der Waals surface area contributed by atoms with E-state index in [2.05, 4.69) is 10.3 Å². The summed E-state index contributed by atoms with van der Waals surface area (Å²) >= 11 is 1.36. The zero-order valence-corrected chi connectivity index (χ0v) is 12.1. The van der Waals surface area contributed by atoms with Gasteiger partial charge in [-0.05, 0) is 12.8 Å². The van der Waals surface area contributed by atoms with Crippen LogP contribution in [0.5, 0.6) is 0 Å². The summed E-state index contributed by atoms with van der Waals surface area (Å²) in [6.07, 6.45) is 2.11. The van der Waals surface area contributed by atoms with E-state index >= 15 is 0 Å². The quantitative estimate of drug-likeness (QED) is 0.859. The monoisotopic (exact) mass is 312 g/mol. The van der Waals surface area contributed by atoms with Crippen LogP contribution in [0.15, 0.2) is 5.38 Å². The molecule has 3 rings (SSSR count). The van der Waals surface area contributed by atoms with E-state index in [4.69, 9.17) is 9.47 Å². The Morgan fingerprint density at radius 1 is 1.48 bits per heavy atom. The first-order valence-corrected chi connectivity index (χ1v) is 7.69. The highest BCUT2D eigenvalue weighted by Gasteiger charge is 2.44. The fourth-order valence-electron chi connectivity index (χ4n) is 2.48. The van der Waals surface area contributed by atoms with Crippen molar-refractivity contribution in [1.29, 1.82) is 0 Å². The normalized spacial score (nSPS) is 28.7. The van der Waals surface area contributed by atoms with Gasteiger partial charge in [0.15, 0.2) is 5.54 Å². The summed E-state index contributed by atoms with van der Waals surface area (Å²) in [6, 6.07) is 0. The van der Waals surface area contributed by atoms with Crippen molar-refractivity contribution in [3.05, 3.63) is 16.1 Å². The molecule has 0 saturated carbocycles. The molecule has 2 saturated heterocycles. The Kier molecular flexibility index (Phi) is 3.92. The van der Waals surface area contributed by atoms with Crippen molar-refractivity contribution in [3.8, 4) is 0 Å². The SMILES string of the molecule is O=C(NC1(C(=O)O)CCOC1)c1csc(C2CCCO2)n1. The second kappa shape index (κ2) is 5.70. The van der Waals surface area contributed by atoms with Crippen LogP contribution in [0.2, 0.25) is 0 Å². The molecule has 21 heavy (non-hydrogen) atoms. The molecule has 2 aliphatic heterocycles. The maximum absolute atomic E-state index is 12.2. The molecule has 2 fully saturated rings. The van der Waals surface area contributed by atoms with E-state index in [0.717, 1.165) is 17.8 Å². The van der Waals surface area contributed by atoms with Crippen molar-refractivity contribution in [2.75, 3.05) is 19.8 Å². The van der Waals surface area contributed by atoms with Crippen molar-refractivity contribution in [2.24, 2.45) is 0 Å². The van der Waals surface area contributed by atoms with Gasteiger partial charge in [-0.1, -0.05) is 0 Å². The van der Waals surface area contributed by atoms with Gasteiger partial charge in [-0.15, -0.1) is 11.3 Å². The number of carboxylic acids is 1. The number of hydrogen-bond donors (Lipinski definition) is 2. The Balaban J connectivity index is 1.71. The lowest BCUT2D eigenvalue weighted by molar-refractivity contribution is -0.144. The third kappa shape index (κ3) is 2.78. The van der Waals surface area contributed by atoms with Crippen molar-refractivity contribution in [3.63, 3.8) is 0 Å². The van der Waals surface area contributed by atoms with Crippen LogP contribution >= 0.6 is 11.3 Å². The number of hydrogen-bond acceptors (Lipinski definition) is 6. The average Bonchev–Trinajstić information content (AvgIpc) is 3.20. The van der Waals surface area contributed by atoms with E-state index in [1.165, 1.54) is 11.3 Å². The van der Waals surface area contributed by atoms with Gasteiger partial charge in [-0.3, -0.25) is 4.79 Å². The van der Waals surface area contributed by atoms with Gasteiger partial charge < -0.3 is 19.9 Å². The average molecular weight is 312 g/mol. The number of carboxylic acid groups (broad SMARTS) is 1. The number of nitrogens with one attached hydrogen (secondary N) is 1. The highest BCUT2D eigenvalue weighted by molar-refractivity contribution is 7.09. The van der Waals surface area contributed by atoms with Crippen LogP contribution in [0.1, 0.15) is 40.9 Å². The van der Waals surface area contributed by atoms with Crippen molar-refractivity contribution in [1.82, 2.24) is 10.3 Å². The zero-order chi connectivity index (χ0) is 14.9. The highest BCUT2D eigenvalue weighted by Crippen LogP contribution is 2.30. The number of thiazole rings is 1. The van der Waals surface area contributed by atoms with Crippen molar-refractivity contribution in [2.45, 2.75) is 30.9 Å². The largest absolute Gasteiger partial charge is 0.479 e. The molecule has 1 aromatic rings. The summed E-state index contributed by atoms with van der Waals surface area (Å²) in [6.45, 7) is 1.02. The number of amides is 1. The summed E-state index contributed by atoms with van der Waals surface area (Å²) in [5.41, 5.74) is -1.11. The first kappa shape index (κ1) is 14.4. The predicted molar refractivity (Wildman–Crippen MR) is 73.3 cm³/mol. The lowest BCUT2D eigenvalue weighted by Gasteiger charge is -2.23. The van der Waals surface area contributed by atoms with Crippen LogP contribution in [0.4, 0.5) is 0 Å². The number of carbonyl (C=O) groups excluding carboxylic acids is 1. The molecule has 2 atom stereocenters. The molecule has 1 amide bonds. The minimum atomic E-state index is -1.34. The molecule has 7 nitrogen and oxygen atoms in total. The Morgan fingerprint density at radius 2 is 2.33 bits per heavy atom. The zero-order valence-electron chi connectivity index (χ0n) is 11.3. The number of rotatable bonds is 4. The molecule has 114 valence electrons. The maximum atomic E-state index is 12.2. The third-order valence-electron chi connectivity index (χ3n) is 3.74. The molecule has 0 aliphatic carbocycles. The first-order valence-electron chi connectivity index (χ1n) is 6.81. The molecule has 2 N–H and O–H groups in total. The Morgan fingerprint density at radius 3 is 2.95 bits per heavy atom. The lowest BCUT2D eigenvalue weighted by Crippen LogP contribution is -2.55. The van der Waals surface area contributed by atoms with Crippen molar-refractivity contribution < 1.29 is 24.2 Å². The van der Waals surface area contributed by atoms with E-state index in [0.29, 0.717) is 13.2 Å². The van der Waals surface area contributed by atoms with Gasteiger partial charge in [-0.2, -0.15) is 0 Å². The van der Waals surface area contributed by atoms with Gasteiger partial charge in [0.2, 0.25) is 0 Å². The van der Waals surface area contributed by atoms with Gasteiger partial charge in [0.1, 0.15) is 16.8 Å². The van der Waals surface area contributed by atoms with Gasteiger partial charge in [0, 0.05) is 25.0 Å². The molecule has 3 heterocycles. The summed E-state index contributed by atoms with van der Waals surface area (Å²) in [7, 11) is 0. The first-order chi connectivity index (χ1) is 10.1. The second-order valence-corrected chi connectivity index (χ2v) is 6.11. The number of aliphatic carboxylic acids is 1. The van der Waals surface area contributed by atoms with Crippen molar-refractivity contribution >= 4 is 23.2 Å². The minimum Gasteiger partial charge on any atom is -0.479 e. The molecular formula is C13H16N2O5S. The fraction of sp³-hybridized carbons (Fsp3) is 0.615.